The lowest BCUT2D eigenvalue weighted by molar-refractivity contribution is -0.134. The van der Waals surface area contributed by atoms with Gasteiger partial charge in [-0.25, -0.2) is 0 Å². The van der Waals surface area contributed by atoms with Gasteiger partial charge in [-0.2, -0.15) is 5.21 Å². The number of hydrogen-bond donors (Lipinski definition) is 4. The number of benzene rings is 2. The molecule has 0 radical (unpaired) electrons. The predicted molar refractivity (Wildman–Crippen MR) is 117 cm³/mol. The number of ether oxygens (including phenoxy) is 1. The molecule has 1 fully saturated rings. The Bertz CT molecular complexity index is 980. The Morgan fingerprint density at radius 2 is 1.81 bits per heavy atom. The zero-order chi connectivity index (χ0) is 22.8. The van der Waals surface area contributed by atoms with Crippen LogP contribution >= 0.6 is 0 Å². The molecule has 1 atom stereocenters. The van der Waals surface area contributed by atoms with Gasteiger partial charge in [-0.1, -0.05) is 34.5 Å². The number of carboxylic acids is 1. The van der Waals surface area contributed by atoms with Crippen LogP contribution in [-0.2, 0) is 22.4 Å². The molecule has 0 bridgehead atoms. The molecule has 4 N–H and O–H groups in total. The molecule has 1 saturated heterocycles. The first kappa shape index (κ1) is 22.9. The molecule has 10 nitrogen and oxygen atoms in total. The van der Waals surface area contributed by atoms with Gasteiger partial charge in [0.25, 0.3) is 5.97 Å². The molecule has 1 aliphatic rings. The van der Waals surface area contributed by atoms with Crippen LogP contribution in [0.2, 0.25) is 0 Å². The van der Waals surface area contributed by atoms with Crippen molar-refractivity contribution in [2.45, 2.75) is 26.2 Å². The second-order valence-corrected chi connectivity index (χ2v) is 7.44. The number of tetrazole rings is 1. The number of nitrogens with zero attached hydrogens (tertiary/aromatic N) is 3. The van der Waals surface area contributed by atoms with Gasteiger partial charge in [0, 0.05) is 12.6 Å². The van der Waals surface area contributed by atoms with Gasteiger partial charge >= 0.3 is 6.01 Å². The van der Waals surface area contributed by atoms with E-state index < -0.39 is 5.97 Å². The van der Waals surface area contributed by atoms with Crippen LogP contribution in [0.3, 0.4) is 0 Å². The van der Waals surface area contributed by atoms with E-state index in [2.05, 4.69) is 43.4 Å². The van der Waals surface area contributed by atoms with Gasteiger partial charge in [0.2, 0.25) is 5.91 Å². The van der Waals surface area contributed by atoms with Crippen LogP contribution in [0.4, 0.5) is 5.69 Å². The fourth-order valence-corrected chi connectivity index (χ4v) is 3.31. The van der Waals surface area contributed by atoms with Crippen LogP contribution < -0.4 is 15.4 Å². The van der Waals surface area contributed by atoms with Gasteiger partial charge in [-0.15, -0.1) is 0 Å². The number of carboxylic acid groups (broad SMARTS) is 1. The van der Waals surface area contributed by atoms with E-state index in [1.54, 1.807) is 24.3 Å². The fraction of sp³-hybridized carbons (Fsp3) is 0.318. The SMILES string of the molecule is CC(=O)O.O=C(Cc1ccc(CC2CCNC2)cc1)Nc1ccc(Oc2nn[nH]n2)cc1. The number of hydrogen-bond acceptors (Lipinski definition) is 7. The van der Waals surface area contributed by atoms with E-state index in [0.29, 0.717) is 17.9 Å². The van der Waals surface area contributed by atoms with Crippen molar-refractivity contribution in [2.24, 2.45) is 5.92 Å². The quantitative estimate of drug-likeness (QED) is 0.441. The normalized spacial score (nSPS) is 14.8. The Morgan fingerprint density at radius 3 is 2.41 bits per heavy atom. The number of H-pyrrole nitrogens is 1. The highest BCUT2D eigenvalue weighted by Crippen LogP contribution is 2.20. The van der Waals surface area contributed by atoms with Crippen LogP contribution in [0.25, 0.3) is 0 Å². The maximum absolute atomic E-state index is 12.3. The summed E-state index contributed by atoms with van der Waals surface area (Å²) in [5, 5.41) is 26.9. The third-order valence-corrected chi connectivity index (χ3v) is 4.75. The minimum atomic E-state index is -0.833. The molecule has 1 aromatic heterocycles. The van der Waals surface area contributed by atoms with Crippen molar-refractivity contribution in [1.82, 2.24) is 25.9 Å². The first-order valence-electron chi connectivity index (χ1n) is 10.3. The molecular formula is C22H26N6O4. The highest BCUT2D eigenvalue weighted by atomic mass is 16.5. The Hall–Kier alpha value is -3.79. The summed E-state index contributed by atoms with van der Waals surface area (Å²) >= 11 is 0. The van der Waals surface area contributed by atoms with E-state index in [4.69, 9.17) is 14.6 Å². The number of nitrogens with one attached hydrogen (secondary N) is 3. The van der Waals surface area contributed by atoms with Gasteiger partial charge in [0.05, 0.1) is 6.42 Å². The van der Waals surface area contributed by atoms with Crippen molar-refractivity contribution in [2.75, 3.05) is 18.4 Å². The molecule has 1 amide bonds. The van der Waals surface area contributed by atoms with Crippen LogP contribution in [0.1, 0.15) is 24.5 Å². The van der Waals surface area contributed by atoms with Gasteiger partial charge in [0.15, 0.2) is 0 Å². The van der Waals surface area contributed by atoms with Crippen LogP contribution in [0.5, 0.6) is 11.8 Å². The molecule has 0 saturated carbocycles. The van der Waals surface area contributed by atoms with E-state index in [-0.39, 0.29) is 11.9 Å². The number of anilines is 1. The lowest BCUT2D eigenvalue weighted by Gasteiger charge is -2.09. The van der Waals surface area contributed by atoms with E-state index in [0.717, 1.165) is 37.9 Å². The minimum absolute atomic E-state index is 0.0559. The number of aromatic amines is 1. The van der Waals surface area contributed by atoms with Crippen molar-refractivity contribution in [3.8, 4) is 11.8 Å². The van der Waals surface area contributed by atoms with Crippen molar-refractivity contribution < 1.29 is 19.4 Å². The zero-order valence-electron chi connectivity index (χ0n) is 17.7. The lowest BCUT2D eigenvalue weighted by Crippen LogP contribution is -2.14. The topological polar surface area (TPSA) is 142 Å². The second-order valence-electron chi connectivity index (χ2n) is 7.44. The Balaban J connectivity index is 0.000000668. The first-order chi connectivity index (χ1) is 15.5. The number of carbonyl (C=O) groups is 2. The van der Waals surface area contributed by atoms with Gasteiger partial charge in [-0.3, -0.25) is 9.59 Å². The summed E-state index contributed by atoms with van der Waals surface area (Å²) in [6.45, 7) is 3.30. The standard InChI is InChI=1S/C20H22N6O2.C2H4O2/c27-19(12-15-3-1-14(2-4-15)11-16-9-10-21-13-16)22-17-5-7-18(8-6-17)28-20-23-25-26-24-20;1-2(3)4/h1-8,16,21H,9-13H2,(H,22,27)(H,23,24,25,26);1H3,(H,3,4). The summed E-state index contributed by atoms with van der Waals surface area (Å²) in [4.78, 5) is 21.3. The predicted octanol–water partition coefficient (Wildman–Crippen LogP) is 2.42. The third-order valence-electron chi connectivity index (χ3n) is 4.75. The number of rotatable bonds is 7. The highest BCUT2D eigenvalue weighted by Gasteiger charge is 2.14. The smallest absolute Gasteiger partial charge is 0.361 e. The van der Waals surface area contributed by atoms with Crippen molar-refractivity contribution >= 4 is 17.6 Å². The summed E-state index contributed by atoms with van der Waals surface area (Å²) in [6.07, 6.45) is 2.67. The molecule has 0 aliphatic carbocycles. The minimum Gasteiger partial charge on any atom is -0.481 e. The molecule has 32 heavy (non-hydrogen) atoms. The molecular weight excluding hydrogens is 412 g/mol. The number of aliphatic carboxylic acids is 1. The second kappa shape index (κ2) is 11.6. The summed E-state index contributed by atoms with van der Waals surface area (Å²) in [5.41, 5.74) is 3.04. The molecule has 4 rings (SSSR count). The Kier molecular flexibility index (Phi) is 8.27. The van der Waals surface area contributed by atoms with E-state index >= 15 is 0 Å². The average Bonchev–Trinajstić information content (AvgIpc) is 3.45. The van der Waals surface area contributed by atoms with Crippen molar-refractivity contribution in [1.29, 1.82) is 0 Å². The molecule has 168 valence electrons. The maximum atomic E-state index is 12.3. The molecule has 1 unspecified atom stereocenters. The maximum Gasteiger partial charge on any atom is 0.361 e. The number of carbonyl (C=O) groups excluding carboxylic acids is 1. The van der Waals surface area contributed by atoms with Gasteiger partial charge < -0.3 is 20.5 Å². The van der Waals surface area contributed by atoms with Gasteiger partial charge in [-0.05, 0) is 72.5 Å². The average molecular weight is 438 g/mol. The van der Waals surface area contributed by atoms with E-state index in [1.807, 2.05) is 12.1 Å². The Labute approximate surface area is 185 Å². The molecule has 3 aromatic rings. The van der Waals surface area contributed by atoms with E-state index in [1.165, 1.54) is 12.0 Å². The van der Waals surface area contributed by atoms with Crippen LogP contribution in [-0.4, -0.2) is 50.7 Å². The van der Waals surface area contributed by atoms with Crippen molar-refractivity contribution in [3.05, 3.63) is 59.7 Å². The lowest BCUT2D eigenvalue weighted by atomic mass is 9.97. The largest absolute Gasteiger partial charge is 0.481 e. The first-order valence-corrected chi connectivity index (χ1v) is 10.3. The number of amides is 1. The molecule has 10 heteroatoms. The molecule has 2 heterocycles. The summed E-state index contributed by atoms with van der Waals surface area (Å²) < 4.78 is 5.40. The Morgan fingerprint density at radius 1 is 1.12 bits per heavy atom. The van der Waals surface area contributed by atoms with Crippen LogP contribution in [0, 0.1) is 5.92 Å². The molecule has 2 aromatic carbocycles. The summed E-state index contributed by atoms with van der Waals surface area (Å²) in [5.74, 6) is 0.396. The van der Waals surface area contributed by atoms with E-state index in [9.17, 15) is 4.79 Å². The monoisotopic (exact) mass is 438 g/mol. The third kappa shape index (κ3) is 7.80. The van der Waals surface area contributed by atoms with Crippen molar-refractivity contribution in [3.63, 3.8) is 0 Å². The molecule has 1 aliphatic heterocycles. The molecule has 0 spiro atoms. The number of aromatic nitrogens is 4. The summed E-state index contributed by atoms with van der Waals surface area (Å²) in [7, 11) is 0. The zero-order valence-corrected chi connectivity index (χ0v) is 17.7. The highest BCUT2D eigenvalue weighted by molar-refractivity contribution is 5.92. The summed E-state index contributed by atoms with van der Waals surface area (Å²) in [6, 6.07) is 15.5. The van der Waals surface area contributed by atoms with Gasteiger partial charge in [0.1, 0.15) is 5.75 Å². The van der Waals surface area contributed by atoms with Crippen LogP contribution in [0.15, 0.2) is 48.5 Å². The fourth-order valence-electron chi connectivity index (χ4n) is 3.31.